The number of aryl methyl sites for hydroxylation is 1. The molecule has 2 aliphatic carbocycles. The lowest BCUT2D eigenvalue weighted by atomic mass is 9.82. The lowest BCUT2D eigenvalue weighted by molar-refractivity contribution is 0.277. The number of tetrazole rings is 1. The second-order valence-electron chi connectivity index (χ2n) is 5.13. The van der Waals surface area contributed by atoms with Crippen LogP contribution in [-0.2, 0) is 7.05 Å². The second kappa shape index (κ2) is 3.58. The molecule has 0 N–H and O–H groups in total. The van der Waals surface area contributed by atoms with Crippen LogP contribution >= 0.6 is 0 Å². The Morgan fingerprint density at radius 3 is 2.33 bits per heavy atom. The van der Waals surface area contributed by atoms with Gasteiger partial charge in [-0.1, -0.05) is 25.7 Å². The van der Waals surface area contributed by atoms with Crippen LogP contribution in [0.1, 0.15) is 50.3 Å². The van der Waals surface area contributed by atoms with E-state index in [9.17, 15) is 0 Å². The Labute approximate surface area is 90.1 Å². The molecule has 2 unspecified atom stereocenters. The van der Waals surface area contributed by atoms with Gasteiger partial charge in [0.15, 0.2) is 5.82 Å². The normalized spacial score (nSPS) is 35.4. The molecule has 1 aromatic rings. The van der Waals surface area contributed by atoms with Crippen LogP contribution < -0.4 is 0 Å². The molecule has 82 valence electrons. The molecular weight excluding hydrogens is 188 g/mol. The number of aromatic nitrogens is 4. The van der Waals surface area contributed by atoms with Gasteiger partial charge in [-0.25, -0.2) is 4.68 Å². The van der Waals surface area contributed by atoms with Crippen molar-refractivity contribution in [1.29, 1.82) is 0 Å². The molecule has 15 heavy (non-hydrogen) atoms. The second-order valence-corrected chi connectivity index (χ2v) is 5.13. The fourth-order valence-corrected chi connectivity index (χ4v) is 3.53. The zero-order valence-electron chi connectivity index (χ0n) is 9.26. The fraction of sp³-hybridized carbons (Fsp3) is 0.909. The van der Waals surface area contributed by atoms with E-state index >= 15 is 0 Å². The number of hydrogen-bond donors (Lipinski definition) is 0. The molecule has 3 rings (SSSR count). The van der Waals surface area contributed by atoms with Crippen molar-refractivity contribution in [2.24, 2.45) is 18.9 Å². The smallest absolute Gasteiger partial charge is 0.154 e. The highest BCUT2D eigenvalue weighted by molar-refractivity contribution is 5.01. The van der Waals surface area contributed by atoms with Crippen molar-refractivity contribution in [3.63, 3.8) is 0 Å². The number of rotatable bonds is 1. The Kier molecular flexibility index (Phi) is 2.22. The summed E-state index contributed by atoms with van der Waals surface area (Å²) in [6, 6.07) is 0. The van der Waals surface area contributed by atoms with Crippen molar-refractivity contribution in [3.05, 3.63) is 5.82 Å². The van der Waals surface area contributed by atoms with Gasteiger partial charge in [0, 0.05) is 13.0 Å². The van der Waals surface area contributed by atoms with Crippen LogP contribution in [0.4, 0.5) is 0 Å². The first kappa shape index (κ1) is 9.31. The van der Waals surface area contributed by atoms with Crippen molar-refractivity contribution < 1.29 is 0 Å². The van der Waals surface area contributed by atoms with Gasteiger partial charge < -0.3 is 0 Å². The van der Waals surface area contributed by atoms with E-state index in [-0.39, 0.29) is 0 Å². The fourth-order valence-electron chi connectivity index (χ4n) is 3.53. The molecule has 4 nitrogen and oxygen atoms in total. The van der Waals surface area contributed by atoms with Crippen LogP contribution in [0.5, 0.6) is 0 Å². The lowest BCUT2D eigenvalue weighted by Crippen LogP contribution is -2.12. The molecule has 2 atom stereocenters. The molecule has 1 aromatic heterocycles. The third kappa shape index (κ3) is 1.56. The van der Waals surface area contributed by atoms with Crippen LogP contribution in [0.3, 0.4) is 0 Å². The largest absolute Gasteiger partial charge is 0.232 e. The summed E-state index contributed by atoms with van der Waals surface area (Å²) in [5.41, 5.74) is 0. The zero-order chi connectivity index (χ0) is 10.3. The van der Waals surface area contributed by atoms with E-state index in [0.29, 0.717) is 5.92 Å². The van der Waals surface area contributed by atoms with Gasteiger partial charge in [-0.15, -0.1) is 5.10 Å². The van der Waals surface area contributed by atoms with Crippen molar-refractivity contribution in [2.45, 2.75) is 44.4 Å². The van der Waals surface area contributed by atoms with E-state index in [2.05, 4.69) is 15.5 Å². The molecule has 0 radical (unpaired) electrons. The first-order valence-corrected chi connectivity index (χ1v) is 6.07. The van der Waals surface area contributed by atoms with Crippen LogP contribution in [0, 0.1) is 11.8 Å². The van der Waals surface area contributed by atoms with E-state index in [1.165, 1.54) is 38.5 Å². The Morgan fingerprint density at radius 1 is 1.13 bits per heavy atom. The average Bonchev–Trinajstić information content (AvgIpc) is 2.82. The number of hydrogen-bond acceptors (Lipinski definition) is 3. The third-order valence-corrected chi connectivity index (χ3v) is 4.26. The maximum Gasteiger partial charge on any atom is 0.154 e. The highest BCUT2D eigenvalue weighted by Gasteiger charge is 2.37. The van der Waals surface area contributed by atoms with Gasteiger partial charge in [-0.2, -0.15) is 0 Å². The molecule has 1 heterocycles. The summed E-state index contributed by atoms with van der Waals surface area (Å²) >= 11 is 0. The van der Waals surface area contributed by atoms with Crippen LogP contribution in [-0.4, -0.2) is 20.2 Å². The van der Waals surface area contributed by atoms with Gasteiger partial charge in [-0.3, -0.25) is 0 Å². The summed E-state index contributed by atoms with van der Waals surface area (Å²) in [7, 11) is 1.96. The molecule has 2 fully saturated rings. The monoisotopic (exact) mass is 206 g/mol. The minimum absolute atomic E-state index is 0.623. The topological polar surface area (TPSA) is 43.6 Å². The van der Waals surface area contributed by atoms with Gasteiger partial charge >= 0.3 is 0 Å². The van der Waals surface area contributed by atoms with Crippen LogP contribution in [0.25, 0.3) is 0 Å². The summed E-state index contributed by atoms with van der Waals surface area (Å²) in [4.78, 5) is 0. The van der Waals surface area contributed by atoms with Crippen LogP contribution in [0.2, 0.25) is 0 Å². The predicted molar refractivity (Wildman–Crippen MR) is 56.2 cm³/mol. The van der Waals surface area contributed by atoms with Crippen molar-refractivity contribution in [2.75, 3.05) is 0 Å². The van der Waals surface area contributed by atoms with Crippen LogP contribution in [0.15, 0.2) is 0 Å². The van der Waals surface area contributed by atoms with Crippen molar-refractivity contribution in [1.82, 2.24) is 20.2 Å². The highest BCUT2D eigenvalue weighted by Crippen LogP contribution is 2.48. The lowest BCUT2D eigenvalue weighted by Gasteiger charge is -2.24. The van der Waals surface area contributed by atoms with Gasteiger partial charge in [0.25, 0.3) is 0 Å². The Hall–Kier alpha value is -0.930. The maximum absolute atomic E-state index is 4.16. The summed E-state index contributed by atoms with van der Waals surface area (Å²) in [6.07, 6.45) is 8.38. The van der Waals surface area contributed by atoms with Gasteiger partial charge in [0.2, 0.25) is 0 Å². The minimum Gasteiger partial charge on any atom is -0.232 e. The quantitative estimate of drug-likeness (QED) is 0.704. The summed E-state index contributed by atoms with van der Waals surface area (Å²) in [5, 5.41) is 11.8. The van der Waals surface area contributed by atoms with E-state index in [1.807, 2.05) is 11.7 Å². The molecule has 0 spiro atoms. The van der Waals surface area contributed by atoms with E-state index in [0.717, 1.165) is 17.7 Å². The molecule has 0 saturated heterocycles. The summed E-state index contributed by atoms with van der Waals surface area (Å²) < 4.78 is 1.85. The molecule has 0 aromatic carbocycles. The van der Waals surface area contributed by atoms with Crippen molar-refractivity contribution in [3.8, 4) is 0 Å². The Bertz CT molecular complexity index is 332. The highest BCUT2D eigenvalue weighted by atomic mass is 15.5. The molecule has 2 aliphatic rings. The SMILES string of the molecule is Cn1nnnc1C1CC2CCCCC2C1. The first-order chi connectivity index (χ1) is 7.34. The first-order valence-electron chi connectivity index (χ1n) is 6.07. The number of nitrogens with zero attached hydrogens (tertiary/aromatic N) is 4. The van der Waals surface area contributed by atoms with Gasteiger partial charge in [0.05, 0.1) is 0 Å². The Morgan fingerprint density at radius 2 is 1.80 bits per heavy atom. The van der Waals surface area contributed by atoms with Crippen molar-refractivity contribution >= 4 is 0 Å². The predicted octanol–water partition coefficient (Wildman–Crippen LogP) is 1.89. The molecule has 0 aliphatic heterocycles. The molecule has 2 saturated carbocycles. The molecular formula is C11H18N4. The number of fused-ring (bicyclic) bond motifs is 1. The molecule has 0 amide bonds. The van der Waals surface area contributed by atoms with E-state index in [1.54, 1.807) is 0 Å². The molecule has 0 bridgehead atoms. The Balaban J connectivity index is 1.78. The van der Waals surface area contributed by atoms with Gasteiger partial charge in [-0.05, 0) is 35.1 Å². The minimum atomic E-state index is 0.623. The third-order valence-electron chi connectivity index (χ3n) is 4.26. The summed E-state index contributed by atoms with van der Waals surface area (Å²) in [5.74, 6) is 3.64. The average molecular weight is 206 g/mol. The maximum atomic E-state index is 4.16. The van der Waals surface area contributed by atoms with Gasteiger partial charge in [0.1, 0.15) is 0 Å². The standard InChI is InChI=1S/C11H18N4/c1-15-11(12-13-14-15)10-6-8-4-2-3-5-9(8)7-10/h8-10H,2-7H2,1H3. The molecule has 4 heteroatoms. The van der Waals surface area contributed by atoms with E-state index in [4.69, 9.17) is 0 Å². The van der Waals surface area contributed by atoms with E-state index < -0.39 is 0 Å². The summed E-state index contributed by atoms with van der Waals surface area (Å²) in [6.45, 7) is 0. The zero-order valence-corrected chi connectivity index (χ0v) is 9.26.